The first-order valence-corrected chi connectivity index (χ1v) is 10.1. The fraction of sp³-hybridized carbons (Fsp3) is 0.611. The fourth-order valence-corrected chi connectivity index (χ4v) is 3.88. The highest BCUT2D eigenvalue weighted by Gasteiger charge is 2.38. The number of amides is 3. The van der Waals surface area contributed by atoms with Crippen LogP contribution in [0.25, 0.3) is 0 Å². The minimum Gasteiger partial charge on any atom is -0.480 e. The lowest BCUT2D eigenvalue weighted by molar-refractivity contribution is -0.139. The Morgan fingerprint density at radius 3 is 2.77 bits per heavy atom. The molecule has 7 N–H and O–H groups in total. The third-order valence-electron chi connectivity index (χ3n) is 5.43. The maximum Gasteiger partial charge on any atom is 0.324 e. The van der Waals surface area contributed by atoms with Gasteiger partial charge in [-0.3, -0.25) is 23.9 Å². The molecular weight excluding hydrogens is 410 g/mol. The van der Waals surface area contributed by atoms with E-state index in [0.717, 1.165) is 0 Å². The van der Waals surface area contributed by atoms with Gasteiger partial charge in [0.1, 0.15) is 31.2 Å². The molecular formula is C18H27N7O6. The van der Waals surface area contributed by atoms with Crippen LogP contribution >= 0.6 is 0 Å². The average molecular weight is 437 g/mol. The van der Waals surface area contributed by atoms with E-state index in [1.807, 2.05) is 0 Å². The monoisotopic (exact) mass is 437 g/mol. The van der Waals surface area contributed by atoms with Gasteiger partial charge in [0.05, 0.1) is 17.9 Å². The number of nitrogens with one attached hydrogen (secondary N) is 3. The first kappa shape index (κ1) is 22.5. The molecule has 3 rings (SSSR count). The van der Waals surface area contributed by atoms with Gasteiger partial charge in [0, 0.05) is 19.4 Å². The van der Waals surface area contributed by atoms with E-state index >= 15 is 0 Å². The van der Waals surface area contributed by atoms with Gasteiger partial charge in [-0.05, 0) is 19.3 Å². The van der Waals surface area contributed by atoms with Crippen LogP contribution < -0.4 is 21.8 Å². The predicted octanol–water partition coefficient (Wildman–Crippen LogP) is -2.91. The number of aliphatic hydroxyl groups is 1. The van der Waals surface area contributed by atoms with Crippen molar-refractivity contribution >= 4 is 23.7 Å². The number of hydrogen-bond donors (Lipinski definition) is 6. The lowest BCUT2D eigenvalue weighted by Crippen LogP contribution is -2.56. The van der Waals surface area contributed by atoms with E-state index in [1.165, 1.54) is 22.1 Å². The van der Waals surface area contributed by atoms with E-state index in [9.17, 15) is 24.3 Å². The van der Waals surface area contributed by atoms with Crippen LogP contribution in [0, 0.1) is 0 Å². The SMILES string of the molecule is NC(O)C1CCCN1C(=O)C(Cc1cncn1NCC(=O)O)NC(=O)C1CCC(=O)N1. The minimum atomic E-state index is -1.21. The predicted molar refractivity (Wildman–Crippen MR) is 106 cm³/mol. The van der Waals surface area contributed by atoms with E-state index in [1.54, 1.807) is 0 Å². The van der Waals surface area contributed by atoms with Crippen LogP contribution in [0.2, 0.25) is 0 Å². The zero-order valence-corrected chi connectivity index (χ0v) is 16.9. The van der Waals surface area contributed by atoms with Crippen molar-refractivity contribution in [3.63, 3.8) is 0 Å². The Labute approximate surface area is 177 Å². The molecule has 4 unspecified atom stereocenters. The van der Waals surface area contributed by atoms with Gasteiger partial charge >= 0.3 is 5.97 Å². The first-order chi connectivity index (χ1) is 14.8. The zero-order valence-electron chi connectivity index (χ0n) is 16.9. The van der Waals surface area contributed by atoms with Gasteiger partial charge in [-0.1, -0.05) is 0 Å². The van der Waals surface area contributed by atoms with E-state index < -0.39 is 42.1 Å². The number of nitrogens with zero attached hydrogens (tertiary/aromatic N) is 3. The third kappa shape index (κ3) is 5.49. The molecule has 31 heavy (non-hydrogen) atoms. The largest absolute Gasteiger partial charge is 0.480 e. The number of carbonyl (C=O) groups excluding carboxylic acids is 3. The van der Waals surface area contributed by atoms with Crippen molar-refractivity contribution < 1.29 is 29.4 Å². The maximum absolute atomic E-state index is 13.3. The topological polar surface area (TPSA) is 192 Å². The van der Waals surface area contributed by atoms with Crippen LogP contribution in [0.1, 0.15) is 31.4 Å². The number of hydrogen-bond acceptors (Lipinski definition) is 8. The van der Waals surface area contributed by atoms with Crippen molar-refractivity contribution in [2.45, 2.75) is 56.5 Å². The smallest absolute Gasteiger partial charge is 0.324 e. The van der Waals surface area contributed by atoms with Gasteiger partial charge in [-0.15, -0.1) is 0 Å². The van der Waals surface area contributed by atoms with Crippen molar-refractivity contribution in [3.8, 4) is 0 Å². The number of aliphatic carboxylic acids is 1. The van der Waals surface area contributed by atoms with Gasteiger partial charge in [0.15, 0.2) is 0 Å². The Morgan fingerprint density at radius 2 is 2.13 bits per heavy atom. The highest BCUT2D eigenvalue weighted by molar-refractivity contribution is 5.94. The van der Waals surface area contributed by atoms with Crippen molar-refractivity contribution in [1.82, 2.24) is 25.2 Å². The summed E-state index contributed by atoms with van der Waals surface area (Å²) in [5.41, 5.74) is 8.74. The standard InChI is InChI=1S/C18H27N7O6/c19-16(29)13-2-1-5-24(13)18(31)12(23-17(30)11-3-4-14(26)22-11)6-10-7-20-9-25(10)21-8-15(27)28/h7,9,11-13,16,21,29H,1-6,8,19H2,(H,22,26)(H,23,30)(H,27,28). The molecule has 2 saturated heterocycles. The molecule has 0 aromatic carbocycles. The molecule has 13 nitrogen and oxygen atoms in total. The van der Waals surface area contributed by atoms with Gasteiger partial charge in [-0.2, -0.15) is 0 Å². The number of rotatable bonds is 9. The molecule has 0 aliphatic carbocycles. The van der Waals surface area contributed by atoms with Crippen LogP contribution in [0.3, 0.4) is 0 Å². The molecule has 0 bridgehead atoms. The van der Waals surface area contributed by atoms with Gasteiger partial charge in [-0.25, -0.2) is 4.98 Å². The summed E-state index contributed by atoms with van der Waals surface area (Å²) in [5, 5.41) is 24.0. The molecule has 0 saturated carbocycles. The summed E-state index contributed by atoms with van der Waals surface area (Å²) >= 11 is 0. The molecule has 1 aromatic rings. The summed E-state index contributed by atoms with van der Waals surface area (Å²) in [4.78, 5) is 53.7. The number of imidazole rings is 1. The fourth-order valence-electron chi connectivity index (χ4n) is 3.88. The summed E-state index contributed by atoms with van der Waals surface area (Å²) in [6.45, 7) is 0.0246. The second-order valence-corrected chi connectivity index (χ2v) is 7.64. The summed E-state index contributed by atoms with van der Waals surface area (Å²) in [5.74, 6) is -2.22. The second kappa shape index (κ2) is 9.75. The Kier molecular flexibility index (Phi) is 7.07. The highest BCUT2D eigenvalue weighted by atomic mass is 16.4. The Bertz CT molecular complexity index is 841. The molecule has 170 valence electrons. The quantitative estimate of drug-likeness (QED) is 0.220. The highest BCUT2D eigenvalue weighted by Crippen LogP contribution is 2.21. The lowest BCUT2D eigenvalue weighted by atomic mass is 10.1. The Balaban J connectivity index is 1.78. The molecule has 2 fully saturated rings. The van der Waals surface area contributed by atoms with E-state index in [0.29, 0.717) is 31.5 Å². The van der Waals surface area contributed by atoms with Crippen molar-refractivity contribution in [1.29, 1.82) is 0 Å². The molecule has 4 atom stereocenters. The van der Waals surface area contributed by atoms with Crippen LogP contribution in [0.15, 0.2) is 12.5 Å². The maximum atomic E-state index is 13.3. The van der Waals surface area contributed by atoms with Crippen LogP contribution in [0.4, 0.5) is 0 Å². The van der Waals surface area contributed by atoms with E-state index in [-0.39, 0.29) is 25.3 Å². The molecule has 0 spiro atoms. The summed E-state index contributed by atoms with van der Waals surface area (Å²) in [6, 6.07) is -2.31. The molecule has 3 heterocycles. The van der Waals surface area contributed by atoms with E-state index in [2.05, 4.69) is 21.0 Å². The average Bonchev–Trinajstić information content (AvgIpc) is 3.45. The normalized spacial score (nSPS) is 22.6. The van der Waals surface area contributed by atoms with Crippen molar-refractivity contribution in [3.05, 3.63) is 18.2 Å². The minimum absolute atomic E-state index is 0.0156. The number of aliphatic hydroxyl groups excluding tert-OH is 1. The number of carbonyl (C=O) groups is 4. The lowest BCUT2D eigenvalue weighted by Gasteiger charge is -2.31. The van der Waals surface area contributed by atoms with Gasteiger partial charge in [0.2, 0.25) is 17.7 Å². The number of carboxylic acids is 1. The molecule has 2 aliphatic rings. The summed E-state index contributed by atoms with van der Waals surface area (Å²) < 4.78 is 1.37. The Morgan fingerprint density at radius 1 is 1.35 bits per heavy atom. The summed E-state index contributed by atoms with van der Waals surface area (Å²) in [7, 11) is 0. The third-order valence-corrected chi connectivity index (χ3v) is 5.43. The molecule has 1 aromatic heterocycles. The van der Waals surface area contributed by atoms with Crippen molar-refractivity contribution in [2.75, 3.05) is 18.5 Å². The number of likely N-dealkylation sites (tertiary alicyclic amines) is 1. The van der Waals surface area contributed by atoms with Gasteiger partial charge < -0.3 is 36.9 Å². The van der Waals surface area contributed by atoms with E-state index in [4.69, 9.17) is 10.8 Å². The molecule has 0 radical (unpaired) electrons. The molecule has 3 amide bonds. The first-order valence-electron chi connectivity index (χ1n) is 10.1. The van der Waals surface area contributed by atoms with Crippen molar-refractivity contribution in [2.24, 2.45) is 5.73 Å². The number of carboxylic acid groups (broad SMARTS) is 1. The molecule has 2 aliphatic heterocycles. The Hall–Kier alpha value is -3.19. The number of nitrogens with two attached hydrogens (primary N) is 1. The zero-order chi connectivity index (χ0) is 22.5. The number of aromatic nitrogens is 2. The molecule has 13 heteroatoms. The summed E-state index contributed by atoms with van der Waals surface area (Å²) in [6.07, 6.45) is 3.40. The van der Waals surface area contributed by atoms with Gasteiger partial charge in [0.25, 0.3) is 0 Å². The van der Waals surface area contributed by atoms with Crippen LogP contribution in [-0.4, -0.2) is 85.9 Å². The van der Waals surface area contributed by atoms with Crippen LogP contribution in [-0.2, 0) is 25.6 Å². The van der Waals surface area contributed by atoms with Crippen LogP contribution in [0.5, 0.6) is 0 Å². The second-order valence-electron chi connectivity index (χ2n) is 7.64.